The highest BCUT2D eigenvalue weighted by Crippen LogP contribution is 2.19. The molecule has 22 heavy (non-hydrogen) atoms. The average molecular weight is 306 g/mol. The molecule has 1 amide bonds. The number of fused-ring (bicyclic) bond motifs is 1. The lowest BCUT2D eigenvalue weighted by atomic mass is 10.0. The van der Waals surface area contributed by atoms with E-state index in [2.05, 4.69) is 24.2 Å². The predicted octanol–water partition coefficient (Wildman–Crippen LogP) is 1.02. The summed E-state index contributed by atoms with van der Waals surface area (Å²) in [5, 5.41) is 0. The Balaban J connectivity index is 2.45. The van der Waals surface area contributed by atoms with Crippen molar-refractivity contribution in [1.82, 2.24) is 14.9 Å². The van der Waals surface area contributed by atoms with Crippen LogP contribution < -0.4 is 16.8 Å². The van der Waals surface area contributed by atoms with Crippen molar-refractivity contribution in [2.24, 2.45) is 5.84 Å². The second-order valence-electron chi connectivity index (χ2n) is 5.79. The summed E-state index contributed by atoms with van der Waals surface area (Å²) in [4.78, 5) is 26.8. The first kappa shape index (κ1) is 16.7. The van der Waals surface area contributed by atoms with Crippen LogP contribution >= 0.6 is 0 Å². The normalized spacial score (nSPS) is 14.7. The molecule has 0 atom stereocenters. The Morgan fingerprint density at radius 1 is 1.36 bits per heavy atom. The fraction of sp³-hybridized carbons (Fsp3) is 0.625. The number of nitrogens with two attached hydrogens (primary N) is 1. The third-order valence-electron chi connectivity index (χ3n) is 4.36. The molecule has 0 bridgehead atoms. The summed E-state index contributed by atoms with van der Waals surface area (Å²) in [5.74, 6) is 4.71. The van der Waals surface area contributed by atoms with E-state index < -0.39 is 5.91 Å². The van der Waals surface area contributed by atoms with Crippen LogP contribution in [0.4, 0.5) is 0 Å². The first-order valence-electron chi connectivity index (χ1n) is 8.11. The molecule has 0 spiro atoms. The average Bonchev–Trinajstić information content (AvgIpc) is 2.55. The van der Waals surface area contributed by atoms with Crippen LogP contribution in [-0.2, 0) is 19.5 Å². The SMILES string of the molecule is CCCCCn1c2c(cc(C(=O)NN)c1=O)CN(CC)CC2. The van der Waals surface area contributed by atoms with E-state index in [1.54, 1.807) is 10.6 Å². The van der Waals surface area contributed by atoms with Gasteiger partial charge in [-0.1, -0.05) is 26.7 Å². The summed E-state index contributed by atoms with van der Waals surface area (Å²) in [6, 6.07) is 1.72. The van der Waals surface area contributed by atoms with Crippen LogP contribution in [0, 0.1) is 0 Å². The molecule has 0 radical (unpaired) electrons. The molecule has 0 aliphatic carbocycles. The van der Waals surface area contributed by atoms with Crippen molar-refractivity contribution in [1.29, 1.82) is 0 Å². The topological polar surface area (TPSA) is 80.4 Å². The summed E-state index contributed by atoms with van der Waals surface area (Å²) >= 11 is 0. The smallest absolute Gasteiger partial charge is 0.270 e. The van der Waals surface area contributed by atoms with Crippen LogP contribution in [0.5, 0.6) is 0 Å². The highest BCUT2D eigenvalue weighted by Gasteiger charge is 2.23. The third kappa shape index (κ3) is 3.39. The van der Waals surface area contributed by atoms with E-state index in [1.165, 1.54) is 0 Å². The molecule has 0 saturated heterocycles. The summed E-state index contributed by atoms with van der Waals surface area (Å²) in [5.41, 5.74) is 4.17. The highest BCUT2D eigenvalue weighted by molar-refractivity contribution is 5.93. The Bertz CT molecular complexity index is 595. The molecule has 6 heteroatoms. The lowest BCUT2D eigenvalue weighted by Gasteiger charge is -2.30. The van der Waals surface area contributed by atoms with E-state index in [0.717, 1.165) is 56.6 Å². The number of pyridine rings is 1. The van der Waals surface area contributed by atoms with Crippen LogP contribution in [0.25, 0.3) is 0 Å². The van der Waals surface area contributed by atoms with Crippen LogP contribution in [0.1, 0.15) is 54.7 Å². The number of nitrogens with one attached hydrogen (secondary N) is 1. The van der Waals surface area contributed by atoms with Crippen LogP contribution in [0.3, 0.4) is 0 Å². The summed E-state index contributed by atoms with van der Waals surface area (Å²) in [6.07, 6.45) is 3.99. The number of hydrazine groups is 1. The van der Waals surface area contributed by atoms with Crippen LogP contribution in [0.15, 0.2) is 10.9 Å². The van der Waals surface area contributed by atoms with Crippen molar-refractivity contribution in [3.05, 3.63) is 33.2 Å². The number of hydrogen-bond acceptors (Lipinski definition) is 4. The quantitative estimate of drug-likeness (QED) is 0.356. The van der Waals surface area contributed by atoms with Crippen molar-refractivity contribution in [2.45, 2.75) is 52.6 Å². The minimum absolute atomic E-state index is 0.149. The lowest BCUT2D eigenvalue weighted by Crippen LogP contribution is -2.41. The van der Waals surface area contributed by atoms with Gasteiger partial charge in [0.05, 0.1) is 0 Å². The number of carbonyl (C=O) groups excluding carboxylic acids is 1. The first-order valence-corrected chi connectivity index (χ1v) is 8.11. The molecule has 0 saturated carbocycles. The monoisotopic (exact) mass is 306 g/mol. The van der Waals surface area contributed by atoms with Gasteiger partial charge in [-0.15, -0.1) is 0 Å². The molecule has 0 unspecified atom stereocenters. The number of nitrogen functional groups attached to an aromatic ring is 1. The molecule has 0 fully saturated rings. The fourth-order valence-corrected chi connectivity index (χ4v) is 3.04. The molecule has 1 aliphatic heterocycles. The van der Waals surface area contributed by atoms with E-state index in [0.29, 0.717) is 6.54 Å². The second-order valence-corrected chi connectivity index (χ2v) is 5.79. The molecular formula is C16H26N4O2. The number of unbranched alkanes of at least 4 members (excludes halogenated alkanes) is 2. The Hall–Kier alpha value is -1.66. The standard InChI is InChI=1S/C16H26N4O2/c1-3-5-6-8-20-14-7-9-19(4-2)11-12(14)10-13(16(20)22)15(21)18-17/h10H,3-9,11,17H2,1-2H3,(H,18,21). The van der Waals surface area contributed by atoms with E-state index >= 15 is 0 Å². The van der Waals surface area contributed by atoms with Crippen molar-refractivity contribution in [3.63, 3.8) is 0 Å². The number of nitrogens with zero attached hydrogens (tertiary/aromatic N) is 2. The molecule has 1 aromatic rings. The molecule has 1 aliphatic rings. The van der Waals surface area contributed by atoms with Gasteiger partial charge >= 0.3 is 0 Å². The number of aromatic nitrogens is 1. The summed E-state index contributed by atoms with van der Waals surface area (Å²) < 4.78 is 1.79. The predicted molar refractivity (Wildman–Crippen MR) is 86.5 cm³/mol. The minimum Gasteiger partial charge on any atom is -0.312 e. The van der Waals surface area contributed by atoms with Gasteiger partial charge in [-0.2, -0.15) is 0 Å². The zero-order valence-electron chi connectivity index (χ0n) is 13.5. The fourth-order valence-electron chi connectivity index (χ4n) is 3.04. The number of amides is 1. The van der Waals surface area contributed by atoms with Gasteiger partial charge in [0.1, 0.15) is 5.56 Å². The van der Waals surface area contributed by atoms with Crippen molar-refractivity contribution < 1.29 is 4.79 Å². The maximum atomic E-state index is 12.6. The number of carbonyl (C=O) groups is 1. The van der Waals surface area contributed by atoms with Gasteiger partial charge in [-0.25, -0.2) is 5.84 Å². The van der Waals surface area contributed by atoms with Gasteiger partial charge in [0, 0.05) is 31.7 Å². The van der Waals surface area contributed by atoms with Crippen molar-refractivity contribution >= 4 is 5.91 Å². The van der Waals surface area contributed by atoms with Crippen molar-refractivity contribution in [2.75, 3.05) is 13.1 Å². The molecule has 3 N–H and O–H groups in total. The molecule has 2 heterocycles. The Morgan fingerprint density at radius 2 is 2.14 bits per heavy atom. The van der Waals surface area contributed by atoms with E-state index in [-0.39, 0.29) is 11.1 Å². The summed E-state index contributed by atoms with van der Waals surface area (Å²) in [7, 11) is 0. The van der Waals surface area contributed by atoms with Gasteiger partial charge in [-0.3, -0.25) is 19.9 Å². The number of likely N-dealkylation sites (N-methyl/N-ethyl adjacent to an activating group) is 1. The number of hydrogen-bond donors (Lipinski definition) is 2. The molecular weight excluding hydrogens is 280 g/mol. The third-order valence-corrected chi connectivity index (χ3v) is 4.36. The van der Waals surface area contributed by atoms with Gasteiger partial charge in [0.25, 0.3) is 11.5 Å². The molecule has 6 nitrogen and oxygen atoms in total. The molecule has 122 valence electrons. The molecule has 0 aromatic carbocycles. The van der Waals surface area contributed by atoms with E-state index in [4.69, 9.17) is 5.84 Å². The molecule has 1 aromatic heterocycles. The lowest BCUT2D eigenvalue weighted by molar-refractivity contribution is 0.0951. The Morgan fingerprint density at radius 3 is 2.77 bits per heavy atom. The van der Waals surface area contributed by atoms with Gasteiger partial charge < -0.3 is 4.57 Å². The van der Waals surface area contributed by atoms with Crippen LogP contribution in [-0.4, -0.2) is 28.5 Å². The zero-order chi connectivity index (χ0) is 16.1. The van der Waals surface area contributed by atoms with E-state index in [1.807, 2.05) is 0 Å². The Labute approximate surface area is 131 Å². The maximum Gasteiger partial charge on any atom is 0.270 e. The number of rotatable bonds is 6. The molecule has 2 rings (SSSR count). The summed E-state index contributed by atoms with van der Waals surface area (Å²) in [6.45, 7) is 7.63. The largest absolute Gasteiger partial charge is 0.312 e. The van der Waals surface area contributed by atoms with Gasteiger partial charge in [0.2, 0.25) is 0 Å². The zero-order valence-corrected chi connectivity index (χ0v) is 13.5. The van der Waals surface area contributed by atoms with E-state index in [9.17, 15) is 9.59 Å². The first-order chi connectivity index (χ1) is 10.6. The maximum absolute atomic E-state index is 12.6. The minimum atomic E-state index is -0.509. The van der Waals surface area contributed by atoms with Crippen molar-refractivity contribution in [3.8, 4) is 0 Å². The van der Waals surface area contributed by atoms with Gasteiger partial charge in [0.15, 0.2) is 0 Å². The highest BCUT2D eigenvalue weighted by atomic mass is 16.2. The second kappa shape index (κ2) is 7.56. The Kier molecular flexibility index (Phi) is 5.74. The van der Waals surface area contributed by atoms with Gasteiger partial charge in [-0.05, 0) is 24.6 Å². The van der Waals surface area contributed by atoms with Crippen LogP contribution in [0.2, 0.25) is 0 Å².